The summed E-state index contributed by atoms with van der Waals surface area (Å²) in [4.78, 5) is 9.81. The number of benzene rings is 1. The number of sulfonamides is 1. The third-order valence-corrected chi connectivity index (χ3v) is 7.08. The lowest BCUT2D eigenvalue weighted by molar-refractivity contribution is -0.385. The summed E-state index contributed by atoms with van der Waals surface area (Å²) >= 11 is 0. The minimum atomic E-state index is -3.96. The topological polar surface area (TPSA) is 115 Å². The predicted molar refractivity (Wildman–Crippen MR) is 75.1 cm³/mol. The molecule has 8 nitrogen and oxygen atoms in total. The normalized spacial score (nSPS) is 21.5. The highest BCUT2D eigenvalue weighted by Gasteiger charge is 2.36. The van der Waals surface area contributed by atoms with Crippen molar-refractivity contribution in [3.05, 3.63) is 34.4 Å². The molecule has 1 fully saturated rings. The van der Waals surface area contributed by atoms with E-state index in [0.29, 0.717) is 0 Å². The van der Waals surface area contributed by atoms with Gasteiger partial charge in [0.2, 0.25) is 10.0 Å². The van der Waals surface area contributed by atoms with Crippen molar-refractivity contribution < 1.29 is 21.8 Å². The Kier molecular flexibility index (Phi) is 4.04. The number of nitro benzene ring substituents is 1. The third kappa shape index (κ3) is 3.22. The van der Waals surface area contributed by atoms with Crippen LogP contribution in [0.1, 0.15) is 6.42 Å². The molecular formula is C11H14N2O6S2. The summed E-state index contributed by atoms with van der Waals surface area (Å²) in [6.45, 7) is 0. The molecule has 1 aromatic carbocycles. The second-order valence-electron chi connectivity index (χ2n) is 4.83. The lowest BCUT2D eigenvalue weighted by atomic mass is 10.3. The van der Waals surface area contributed by atoms with Crippen LogP contribution in [0.5, 0.6) is 0 Å². The van der Waals surface area contributed by atoms with Gasteiger partial charge in [0.15, 0.2) is 9.84 Å². The van der Waals surface area contributed by atoms with Crippen molar-refractivity contribution in [2.45, 2.75) is 17.4 Å². The first-order chi connectivity index (χ1) is 9.63. The zero-order valence-electron chi connectivity index (χ0n) is 11.2. The lowest BCUT2D eigenvalue weighted by Crippen LogP contribution is -2.37. The molecule has 0 radical (unpaired) electrons. The van der Waals surface area contributed by atoms with Crippen molar-refractivity contribution in [2.24, 2.45) is 0 Å². The highest BCUT2D eigenvalue weighted by Crippen LogP contribution is 2.25. The Labute approximate surface area is 122 Å². The molecule has 0 aromatic heterocycles. The van der Waals surface area contributed by atoms with Crippen LogP contribution in [-0.4, -0.2) is 50.7 Å². The molecule has 116 valence electrons. The average Bonchev–Trinajstić information content (AvgIpc) is 2.78. The first-order valence-electron chi connectivity index (χ1n) is 6.06. The predicted octanol–water partition coefficient (Wildman–Crippen LogP) is 0.402. The van der Waals surface area contributed by atoms with Gasteiger partial charge in [-0.3, -0.25) is 10.1 Å². The molecule has 10 heteroatoms. The van der Waals surface area contributed by atoms with Crippen molar-refractivity contribution in [2.75, 3.05) is 18.6 Å². The van der Waals surface area contributed by atoms with E-state index in [-0.39, 0.29) is 28.5 Å². The van der Waals surface area contributed by atoms with Crippen LogP contribution in [0.15, 0.2) is 29.2 Å². The molecule has 0 amide bonds. The average molecular weight is 334 g/mol. The number of sulfone groups is 1. The van der Waals surface area contributed by atoms with Crippen molar-refractivity contribution in [1.29, 1.82) is 0 Å². The summed E-state index contributed by atoms with van der Waals surface area (Å²) in [7, 11) is -5.89. The maximum Gasteiger partial charge on any atom is 0.270 e. The van der Waals surface area contributed by atoms with E-state index in [1.807, 2.05) is 0 Å². The van der Waals surface area contributed by atoms with Gasteiger partial charge >= 0.3 is 0 Å². The molecule has 0 aliphatic carbocycles. The fourth-order valence-corrected chi connectivity index (χ4v) is 5.48. The molecule has 0 saturated carbocycles. The van der Waals surface area contributed by atoms with E-state index in [4.69, 9.17) is 0 Å². The number of hydrogen-bond acceptors (Lipinski definition) is 6. The second kappa shape index (κ2) is 5.35. The summed E-state index contributed by atoms with van der Waals surface area (Å²) in [5.74, 6) is -0.274. The van der Waals surface area contributed by atoms with Crippen molar-refractivity contribution in [3.8, 4) is 0 Å². The van der Waals surface area contributed by atoms with Gasteiger partial charge in [0.25, 0.3) is 5.69 Å². The largest absolute Gasteiger partial charge is 0.270 e. The molecule has 1 saturated heterocycles. The van der Waals surface area contributed by atoms with Crippen molar-refractivity contribution in [1.82, 2.24) is 4.31 Å². The first kappa shape index (κ1) is 15.9. The van der Waals surface area contributed by atoms with E-state index in [1.165, 1.54) is 25.2 Å². The molecule has 0 N–H and O–H groups in total. The van der Waals surface area contributed by atoms with E-state index < -0.39 is 30.8 Å². The van der Waals surface area contributed by atoms with Gasteiger partial charge in [0.1, 0.15) is 0 Å². The van der Waals surface area contributed by atoms with E-state index in [1.54, 1.807) is 0 Å². The van der Waals surface area contributed by atoms with Gasteiger partial charge in [-0.05, 0) is 12.5 Å². The molecule has 1 atom stereocenters. The smallest absolute Gasteiger partial charge is 0.258 e. The fourth-order valence-electron chi connectivity index (χ4n) is 2.18. The molecule has 0 unspecified atom stereocenters. The Morgan fingerprint density at radius 1 is 1.38 bits per heavy atom. The monoisotopic (exact) mass is 334 g/mol. The lowest BCUT2D eigenvalue weighted by Gasteiger charge is -2.22. The van der Waals surface area contributed by atoms with E-state index >= 15 is 0 Å². The highest BCUT2D eigenvalue weighted by molar-refractivity contribution is 7.92. The molecule has 21 heavy (non-hydrogen) atoms. The standard InChI is InChI=1S/C11H14N2O6S2/c1-12(10-5-6-20(16,17)8-10)21(18,19)11-4-2-3-9(7-11)13(14)15/h2-4,7,10H,5-6,8H2,1H3/t10-/m1/s1. The van der Waals surface area contributed by atoms with Gasteiger partial charge in [-0.25, -0.2) is 16.8 Å². The number of nitro groups is 1. The summed E-state index contributed by atoms with van der Waals surface area (Å²) in [6, 6.07) is 4.06. The maximum absolute atomic E-state index is 12.4. The van der Waals surface area contributed by atoms with Gasteiger partial charge in [0.05, 0.1) is 21.3 Å². The zero-order valence-corrected chi connectivity index (χ0v) is 12.8. The van der Waals surface area contributed by atoms with Gasteiger partial charge < -0.3 is 0 Å². The quantitative estimate of drug-likeness (QED) is 0.581. The minimum Gasteiger partial charge on any atom is -0.258 e. The summed E-state index contributed by atoms with van der Waals surface area (Å²) in [5, 5.41) is 10.7. The van der Waals surface area contributed by atoms with Gasteiger partial charge in [0, 0.05) is 25.2 Å². The number of rotatable bonds is 4. The molecule has 0 spiro atoms. The van der Waals surface area contributed by atoms with Crippen LogP contribution in [0.3, 0.4) is 0 Å². The molecule has 1 aliphatic rings. The van der Waals surface area contributed by atoms with Crippen molar-refractivity contribution >= 4 is 25.5 Å². The molecule has 2 rings (SSSR count). The summed E-state index contributed by atoms with van der Waals surface area (Å²) < 4.78 is 48.7. The number of nitrogens with zero attached hydrogens (tertiary/aromatic N) is 2. The molecular weight excluding hydrogens is 320 g/mol. The van der Waals surface area contributed by atoms with Crippen LogP contribution >= 0.6 is 0 Å². The number of non-ortho nitro benzene ring substituents is 1. The Morgan fingerprint density at radius 2 is 2.05 bits per heavy atom. The molecule has 1 aromatic rings. The Balaban J connectivity index is 2.34. The third-order valence-electron chi connectivity index (χ3n) is 3.43. The Bertz CT molecular complexity index is 772. The first-order valence-corrected chi connectivity index (χ1v) is 9.32. The minimum absolute atomic E-state index is 0.0491. The van der Waals surface area contributed by atoms with E-state index in [2.05, 4.69) is 0 Å². The van der Waals surface area contributed by atoms with Crippen LogP contribution in [0, 0.1) is 10.1 Å². The molecule has 1 aliphatic heterocycles. The SMILES string of the molecule is CN([C@@H]1CCS(=O)(=O)C1)S(=O)(=O)c1cccc([N+](=O)[O-])c1. The number of hydrogen-bond donors (Lipinski definition) is 0. The van der Waals surface area contributed by atoms with Gasteiger partial charge in [-0.15, -0.1) is 0 Å². The van der Waals surface area contributed by atoms with Gasteiger partial charge in [-0.2, -0.15) is 4.31 Å². The summed E-state index contributed by atoms with van der Waals surface area (Å²) in [5.41, 5.74) is -0.330. The van der Waals surface area contributed by atoms with Crippen LogP contribution in [0.2, 0.25) is 0 Å². The molecule has 0 bridgehead atoms. The zero-order chi connectivity index (χ0) is 15.8. The Morgan fingerprint density at radius 3 is 2.57 bits per heavy atom. The summed E-state index contributed by atoms with van der Waals surface area (Å²) in [6.07, 6.45) is 0.229. The van der Waals surface area contributed by atoms with E-state index in [9.17, 15) is 26.9 Å². The second-order valence-corrected chi connectivity index (χ2v) is 9.06. The van der Waals surface area contributed by atoms with Gasteiger partial charge in [-0.1, -0.05) is 6.07 Å². The maximum atomic E-state index is 12.4. The van der Waals surface area contributed by atoms with Crippen LogP contribution in [0.4, 0.5) is 5.69 Å². The van der Waals surface area contributed by atoms with E-state index in [0.717, 1.165) is 10.4 Å². The Hall–Kier alpha value is -1.52. The fraction of sp³-hybridized carbons (Fsp3) is 0.455. The highest BCUT2D eigenvalue weighted by atomic mass is 32.2. The van der Waals surface area contributed by atoms with Crippen LogP contribution in [0.25, 0.3) is 0 Å². The van der Waals surface area contributed by atoms with Crippen LogP contribution < -0.4 is 0 Å². The van der Waals surface area contributed by atoms with Crippen molar-refractivity contribution in [3.63, 3.8) is 0 Å². The molecule has 1 heterocycles. The van der Waals surface area contributed by atoms with Crippen LogP contribution in [-0.2, 0) is 19.9 Å².